The molecular weight excluding hydrogens is 370 g/mol. The lowest BCUT2D eigenvalue weighted by Crippen LogP contribution is -2.23. The van der Waals surface area contributed by atoms with Crippen molar-refractivity contribution in [1.82, 2.24) is 14.6 Å². The fraction of sp³-hybridized carbons (Fsp3) is 0.227. The monoisotopic (exact) mass is 391 g/mol. The normalized spacial score (nSPS) is 12.2. The first-order chi connectivity index (χ1) is 13.5. The quantitative estimate of drug-likeness (QED) is 0.518. The standard InChI is InChI=1S/C22H21N3O2S/c1-4-27-18-11-9-17(10-12-18)20-23-22-25(24-20)21(26)19(28-22)13-15-5-7-16(8-6-15)14(2)3/h5-14H,4H2,1-3H3. The lowest BCUT2D eigenvalue weighted by molar-refractivity contribution is 0.340. The van der Waals surface area contributed by atoms with E-state index < -0.39 is 0 Å². The van der Waals surface area contributed by atoms with Crippen molar-refractivity contribution in [2.24, 2.45) is 0 Å². The number of nitrogens with zero attached hydrogens (tertiary/aromatic N) is 3. The van der Waals surface area contributed by atoms with Crippen molar-refractivity contribution in [3.8, 4) is 17.1 Å². The Morgan fingerprint density at radius 1 is 1.11 bits per heavy atom. The van der Waals surface area contributed by atoms with Gasteiger partial charge < -0.3 is 4.74 Å². The molecule has 2 aromatic carbocycles. The van der Waals surface area contributed by atoms with Gasteiger partial charge in [-0.25, -0.2) is 0 Å². The van der Waals surface area contributed by atoms with Gasteiger partial charge in [0, 0.05) is 5.56 Å². The van der Waals surface area contributed by atoms with E-state index in [0.29, 0.717) is 27.8 Å². The Kier molecular flexibility index (Phi) is 4.96. The number of hydrogen-bond acceptors (Lipinski definition) is 5. The Morgan fingerprint density at radius 2 is 1.82 bits per heavy atom. The molecule has 5 nitrogen and oxygen atoms in total. The van der Waals surface area contributed by atoms with Crippen LogP contribution >= 0.6 is 11.3 Å². The molecule has 0 aliphatic carbocycles. The molecule has 0 radical (unpaired) electrons. The summed E-state index contributed by atoms with van der Waals surface area (Å²) in [5.74, 6) is 1.83. The minimum absolute atomic E-state index is 0.141. The third-order valence-electron chi connectivity index (χ3n) is 4.51. The highest BCUT2D eigenvalue weighted by molar-refractivity contribution is 7.15. The second-order valence-corrected chi connectivity index (χ2v) is 7.83. The predicted molar refractivity (Wildman–Crippen MR) is 113 cm³/mol. The van der Waals surface area contributed by atoms with E-state index in [1.165, 1.54) is 21.4 Å². The largest absolute Gasteiger partial charge is 0.494 e. The Hall–Kier alpha value is -2.99. The smallest absolute Gasteiger partial charge is 0.291 e. The van der Waals surface area contributed by atoms with Gasteiger partial charge in [0.1, 0.15) is 5.75 Å². The van der Waals surface area contributed by atoms with Gasteiger partial charge in [-0.1, -0.05) is 49.4 Å². The van der Waals surface area contributed by atoms with Crippen molar-refractivity contribution in [3.05, 3.63) is 74.5 Å². The molecule has 0 saturated carbocycles. The lowest BCUT2D eigenvalue weighted by atomic mass is 10.0. The highest BCUT2D eigenvalue weighted by Gasteiger charge is 2.12. The van der Waals surface area contributed by atoms with E-state index in [1.807, 2.05) is 49.4 Å². The van der Waals surface area contributed by atoms with Crippen LogP contribution in [0.2, 0.25) is 0 Å². The Morgan fingerprint density at radius 3 is 2.43 bits per heavy atom. The van der Waals surface area contributed by atoms with Crippen molar-refractivity contribution >= 4 is 22.4 Å². The summed E-state index contributed by atoms with van der Waals surface area (Å²) in [7, 11) is 0. The molecular formula is C22H21N3O2S. The minimum atomic E-state index is -0.141. The van der Waals surface area contributed by atoms with Crippen LogP contribution in [0.25, 0.3) is 22.4 Å². The van der Waals surface area contributed by atoms with Crippen LogP contribution in [-0.4, -0.2) is 21.2 Å². The van der Waals surface area contributed by atoms with Crippen molar-refractivity contribution < 1.29 is 4.74 Å². The Balaban J connectivity index is 1.67. The van der Waals surface area contributed by atoms with E-state index in [1.54, 1.807) is 0 Å². The predicted octanol–water partition coefficient (Wildman–Crippen LogP) is 3.89. The third-order valence-corrected chi connectivity index (χ3v) is 5.47. The molecule has 0 bridgehead atoms. The van der Waals surface area contributed by atoms with Crippen molar-refractivity contribution in [1.29, 1.82) is 0 Å². The molecule has 0 amide bonds. The molecule has 0 aliphatic rings. The topological polar surface area (TPSA) is 56.5 Å². The van der Waals surface area contributed by atoms with Gasteiger partial charge in [0.05, 0.1) is 11.1 Å². The molecule has 0 N–H and O–H groups in total. The average molecular weight is 391 g/mol. The summed E-state index contributed by atoms with van der Waals surface area (Å²) >= 11 is 1.35. The van der Waals surface area contributed by atoms with Crippen molar-refractivity contribution in [2.75, 3.05) is 6.61 Å². The molecule has 2 heterocycles. The summed E-state index contributed by atoms with van der Waals surface area (Å²) in [6, 6.07) is 15.8. The first-order valence-corrected chi connectivity index (χ1v) is 10.1. The molecule has 4 rings (SSSR count). The number of fused-ring (bicyclic) bond motifs is 1. The Bertz CT molecular complexity index is 1210. The Labute approximate surface area is 166 Å². The number of aromatic nitrogens is 3. The zero-order chi connectivity index (χ0) is 19.7. The lowest BCUT2D eigenvalue weighted by Gasteiger charge is -2.04. The van der Waals surface area contributed by atoms with Crippen LogP contribution in [0.1, 0.15) is 37.8 Å². The number of benzene rings is 2. The summed E-state index contributed by atoms with van der Waals surface area (Å²) in [5, 5.41) is 4.40. The van der Waals surface area contributed by atoms with Gasteiger partial charge >= 0.3 is 0 Å². The third kappa shape index (κ3) is 3.55. The van der Waals surface area contributed by atoms with E-state index in [0.717, 1.165) is 16.9 Å². The van der Waals surface area contributed by atoms with E-state index >= 15 is 0 Å². The molecule has 2 aromatic heterocycles. The molecule has 6 heteroatoms. The van der Waals surface area contributed by atoms with Gasteiger partial charge in [0.2, 0.25) is 4.96 Å². The molecule has 0 atom stereocenters. The van der Waals surface area contributed by atoms with Gasteiger partial charge in [0.25, 0.3) is 5.56 Å². The maximum absolute atomic E-state index is 12.7. The van der Waals surface area contributed by atoms with Crippen LogP contribution in [-0.2, 0) is 0 Å². The van der Waals surface area contributed by atoms with E-state index in [2.05, 4.69) is 36.1 Å². The fourth-order valence-electron chi connectivity index (χ4n) is 2.95. The minimum Gasteiger partial charge on any atom is -0.494 e. The zero-order valence-electron chi connectivity index (χ0n) is 16.0. The van der Waals surface area contributed by atoms with Gasteiger partial charge in [-0.2, -0.15) is 9.50 Å². The number of ether oxygens (including phenoxy) is 1. The van der Waals surface area contributed by atoms with Crippen LogP contribution < -0.4 is 14.8 Å². The molecule has 0 aliphatic heterocycles. The molecule has 0 fully saturated rings. The van der Waals surface area contributed by atoms with Gasteiger partial charge in [0.15, 0.2) is 5.82 Å². The molecule has 0 saturated heterocycles. The van der Waals surface area contributed by atoms with E-state index in [4.69, 9.17) is 4.74 Å². The van der Waals surface area contributed by atoms with Crippen molar-refractivity contribution in [2.45, 2.75) is 26.7 Å². The maximum atomic E-state index is 12.7. The first kappa shape index (κ1) is 18.4. The molecule has 0 unspecified atom stereocenters. The second kappa shape index (κ2) is 7.56. The summed E-state index contributed by atoms with van der Waals surface area (Å²) < 4.78 is 7.46. The first-order valence-electron chi connectivity index (χ1n) is 9.29. The van der Waals surface area contributed by atoms with Gasteiger partial charge in [-0.15, -0.1) is 5.10 Å². The summed E-state index contributed by atoms with van der Waals surface area (Å²) in [5.41, 5.74) is 2.99. The second-order valence-electron chi connectivity index (χ2n) is 6.82. The van der Waals surface area contributed by atoms with Gasteiger partial charge in [-0.05, 0) is 54.3 Å². The molecule has 4 aromatic rings. The van der Waals surface area contributed by atoms with E-state index in [-0.39, 0.29) is 5.56 Å². The van der Waals surface area contributed by atoms with Gasteiger partial charge in [-0.3, -0.25) is 4.79 Å². The zero-order valence-corrected chi connectivity index (χ0v) is 16.9. The highest BCUT2D eigenvalue weighted by Crippen LogP contribution is 2.20. The van der Waals surface area contributed by atoms with Crippen molar-refractivity contribution in [3.63, 3.8) is 0 Å². The molecule has 0 spiro atoms. The number of thiazole rings is 1. The van der Waals surface area contributed by atoms with Crippen LogP contribution in [0.5, 0.6) is 5.75 Å². The van der Waals surface area contributed by atoms with Crippen LogP contribution in [0.4, 0.5) is 0 Å². The van der Waals surface area contributed by atoms with Crippen LogP contribution in [0, 0.1) is 0 Å². The number of hydrogen-bond donors (Lipinski definition) is 0. The average Bonchev–Trinajstić information content (AvgIpc) is 3.23. The fourth-order valence-corrected chi connectivity index (χ4v) is 3.86. The molecule has 142 valence electrons. The summed E-state index contributed by atoms with van der Waals surface area (Å²) in [6.07, 6.45) is 1.89. The SMILES string of the molecule is CCOc1ccc(-c2nc3sc(=Cc4ccc(C(C)C)cc4)c(=O)n3n2)cc1. The van der Waals surface area contributed by atoms with E-state index in [9.17, 15) is 4.79 Å². The van der Waals surface area contributed by atoms with Crippen LogP contribution in [0.3, 0.4) is 0 Å². The van der Waals surface area contributed by atoms with Crippen LogP contribution in [0.15, 0.2) is 53.3 Å². The highest BCUT2D eigenvalue weighted by atomic mass is 32.1. The maximum Gasteiger partial charge on any atom is 0.291 e. The number of rotatable bonds is 5. The summed E-state index contributed by atoms with van der Waals surface area (Å²) in [4.78, 5) is 17.8. The molecule has 28 heavy (non-hydrogen) atoms. The summed E-state index contributed by atoms with van der Waals surface area (Å²) in [6.45, 7) is 6.89.